The monoisotopic (exact) mass is 385 g/mol. The molecule has 0 bridgehead atoms. The second-order valence-electron chi connectivity index (χ2n) is 8.09. The number of nitrogens with one attached hydrogen (secondary N) is 1. The zero-order chi connectivity index (χ0) is 20.1. The summed E-state index contributed by atoms with van der Waals surface area (Å²) in [6.45, 7) is 1.72. The Hall–Kier alpha value is -2.90. The molecule has 1 N–H and O–H groups in total. The van der Waals surface area contributed by atoms with Crippen LogP contribution in [0.15, 0.2) is 54.6 Å². The predicted octanol–water partition coefficient (Wildman–Crippen LogP) is 4.41. The first-order valence-corrected chi connectivity index (χ1v) is 10.5. The van der Waals surface area contributed by atoms with Crippen LogP contribution in [-0.4, -0.2) is 23.0 Å². The Morgan fingerprint density at radius 1 is 1.07 bits per heavy atom. The molecular weight excluding hydrogens is 358 g/mol. The average Bonchev–Trinajstić information content (AvgIpc) is 2.78. The van der Waals surface area contributed by atoms with Gasteiger partial charge in [0, 0.05) is 19.2 Å². The van der Waals surface area contributed by atoms with Gasteiger partial charge in [-0.25, -0.2) is 0 Å². The van der Waals surface area contributed by atoms with Gasteiger partial charge < -0.3 is 5.32 Å². The molecule has 4 heteroatoms. The fraction of sp³-hybridized carbons (Fsp3) is 0.360. The zero-order valence-electron chi connectivity index (χ0n) is 16.7. The van der Waals surface area contributed by atoms with Gasteiger partial charge in [-0.15, -0.1) is 0 Å². The van der Waals surface area contributed by atoms with E-state index in [1.807, 2.05) is 48.5 Å². The van der Waals surface area contributed by atoms with Gasteiger partial charge in [0.1, 0.15) is 0 Å². The standard InChI is InChI=1S/C25H27N3O/c26-18-21-9-11-22-13-16-28(19-23(22)17-21)25(14-5-2-6-15-25)27-24(29)12-10-20-7-3-1-4-8-20/h1,3-4,7-12,17H,2,5-6,13-16,19H2,(H,27,29)/b12-10+. The Labute approximate surface area is 172 Å². The number of rotatable bonds is 4. The molecule has 148 valence electrons. The van der Waals surface area contributed by atoms with Gasteiger partial charge in [0.05, 0.1) is 17.3 Å². The summed E-state index contributed by atoms with van der Waals surface area (Å²) in [7, 11) is 0. The Morgan fingerprint density at radius 2 is 1.86 bits per heavy atom. The number of fused-ring (bicyclic) bond motifs is 1. The summed E-state index contributed by atoms with van der Waals surface area (Å²) >= 11 is 0. The van der Waals surface area contributed by atoms with Crippen LogP contribution in [-0.2, 0) is 17.8 Å². The molecule has 0 radical (unpaired) electrons. The number of amides is 1. The molecule has 1 heterocycles. The molecule has 1 saturated carbocycles. The fourth-order valence-corrected chi connectivity index (χ4v) is 4.66. The van der Waals surface area contributed by atoms with E-state index in [-0.39, 0.29) is 11.6 Å². The Bertz CT molecular complexity index is 936. The lowest BCUT2D eigenvalue weighted by atomic mass is 9.85. The molecule has 1 aliphatic carbocycles. The number of nitrogens with zero attached hydrogens (tertiary/aromatic N) is 2. The highest BCUT2D eigenvalue weighted by molar-refractivity contribution is 5.92. The van der Waals surface area contributed by atoms with Crippen molar-refractivity contribution in [3.63, 3.8) is 0 Å². The molecule has 0 saturated heterocycles. The normalized spacial score (nSPS) is 18.7. The summed E-state index contributed by atoms with van der Waals surface area (Å²) in [5, 5.41) is 12.6. The molecular formula is C25H27N3O. The zero-order valence-corrected chi connectivity index (χ0v) is 16.7. The SMILES string of the molecule is N#Cc1ccc2c(c1)CN(C1(NC(=O)/C=C/c3ccccc3)CCCCC1)CC2. The van der Waals surface area contributed by atoms with Crippen LogP contribution in [0.5, 0.6) is 0 Å². The summed E-state index contributed by atoms with van der Waals surface area (Å²) in [4.78, 5) is 15.2. The minimum Gasteiger partial charge on any atom is -0.334 e. The van der Waals surface area contributed by atoms with E-state index >= 15 is 0 Å². The number of carbonyl (C=O) groups is 1. The first-order chi connectivity index (χ1) is 14.2. The summed E-state index contributed by atoms with van der Waals surface area (Å²) < 4.78 is 0. The lowest BCUT2D eigenvalue weighted by Crippen LogP contribution is -2.62. The van der Waals surface area contributed by atoms with Crippen molar-refractivity contribution in [2.45, 2.75) is 50.7 Å². The molecule has 29 heavy (non-hydrogen) atoms. The van der Waals surface area contributed by atoms with E-state index < -0.39 is 0 Å². The number of nitriles is 1. The number of hydrogen-bond acceptors (Lipinski definition) is 3. The van der Waals surface area contributed by atoms with Crippen molar-refractivity contribution in [1.82, 2.24) is 10.2 Å². The Kier molecular flexibility index (Phi) is 5.78. The molecule has 0 spiro atoms. The molecule has 2 aliphatic rings. The van der Waals surface area contributed by atoms with Crippen LogP contribution in [0.1, 0.15) is 54.4 Å². The van der Waals surface area contributed by atoms with Gasteiger partial charge in [0.25, 0.3) is 0 Å². The van der Waals surface area contributed by atoms with E-state index in [1.54, 1.807) is 6.08 Å². The van der Waals surface area contributed by atoms with Crippen molar-refractivity contribution in [3.8, 4) is 6.07 Å². The van der Waals surface area contributed by atoms with Gasteiger partial charge in [0.15, 0.2) is 0 Å². The third-order valence-electron chi connectivity index (χ3n) is 6.22. The van der Waals surface area contributed by atoms with E-state index in [1.165, 1.54) is 17.5 Å². The van der Waals surface area contributed by atoms with Crippen LogP contribution in [0, 0.1) is 11.3 Å². The van der Waals surface area contributed by atoms with Crippen LogP contribution in [0.25, 0.3) is 6.08 Å². The van der Waals surface area contributed by atoms with Gasteiger partial charge >= 0.3 is 0 Å². The van der Waals surface area contributed by atoms with Crippen molar-refractivity contribution < 1.29 is 4.79 Å². The summed E-state index contributed by atoms with van der Waals surface area (Å²) in [6.07, 6.45) is 9.91. The number of benzene rings is 2. The quantitative estimate of drug-likeness (QED) is 0.794. The van der Waals surface area contributed by atoms with E-state index in [9.17, 15) is 10.1 Å². The molecule has 4 nitrogen and oxygen atoms in total. The molecule has 0 atom stereocenters. The van der Waals surface area contributed by atoms with Crippen molar-refractivity contribution in [2.75, 3.05) is 6.54 Å². The first kappa shape index (κ1) is 19.4. The van der Waals surface area contributed by atoms with Crippen LogP contribution < -0.4 is 5.32 Å². The van der Waals surface area contributed by atoms with E-state index in [0.717, 1.165) is 50.8 Å². The van der Waals surface area contributed by atoms with E-state index in [0.29, 0.717) is 5.56 Å². The second-order valence-corrected chi connectivity index (χ2v) is 8.09. The lowest BCUT2D eigenvalue weighted by Gasteiger charge is -2.48. The largest absolute Gasteiger partial charge is 0.334 e. The molecule has 2 aromatic carbocycles. The maximum atomic E-state index is 12.8. The first-order valence-electron chi connectivity index (χ1n) is 10.5. The average molecular weight is 386 g/mol. The Morgan fingerprint density at radius 3 is 2.62 bits per heavy atom. The molecule has 0 aromatic heterocycles. The van der Waals surface area contributed by atoms with E-state index in [2.05, 4.69) is 22.4 Å². The molecule has 1 fully saturated rings. The molecule has 4 rings (SSSR count). The highest BCUT2D eigenvalue weighted by Gasteiger charge is 2.40. The van der Waals surface area contributed by atoms with Crippen LogP contribution in [0.3, 0.4) is 0 Å². The maximum absolute atomic E-state index is 12.8. The van der Waals surface area contributed by atoms with Gasteiger partial charge in [-0.3, -0.25) is 9.69 Å². The summed E-state index contributed by atoms with van der Waals surface area (Å²) in [5.74, 6) is -0.0349. The second kappa shape index (κ2) is 8.63. The highest BCUT2D eigenvalue weighted by Crippen LogP contribution is 2.35. The van der Waals surface area contributed by atoms with Gasteiger partial charge in [-0.1, -0.05) is 42.8 Å². The molecule has 0 unspecified atom stereocenters. The maximum Gasteiger partial charge on any atom is 0.245 e. The van der Waals surface area contributed by atoms with Crippen molar-refractivity contribution in [3.05, 3.63) is 76.9 Å². The fourth-order valence-electron chi connectivity index (χ4n) is 4.66. The van der Waals surface area contributed by atoms with Gasteiger partial charge in [0.2, 0.25) is 5.91 Å². The van der Waals surface area contributed by atoms with Crippen LogP contribution in [0.4, 0.5) is 0 Å². The molecule has 2 aromatic rings. The molecule has 1 aliphatic heterocycles. The van der Waals surface area contributed by atoms with Gasteiger partial charge in [-0.05, 0) is 67.0 Å². The van der Waals surface area contributed by atoms with E-state index in [4.69, 9.17) is 0 Å². The topological polar surface area (TPSA) is 56.1 Å². The van der Waals surface area contributed by atoms with Crippen molar-refractivity contribution >= 4 is 12.0 Å². The smallest absolute Gasteiger partial charge is 0.245 e. The summed E-state index contributed by atoms with van der Waals surface area (Å²) in [6, 6.07) is 18.2. The van der Waals surface area contributed by atoms with Crippen molar-refractivity contribution in [2.24, 2.45) is 0 Å². The van der Waals surface area contributed by atoms with Crippen LogP contribution >= 0.6 is 0 Å². The number of hydrogen-bond donors (Lipinski definition) is 1. The minimum atomic E-state index is -0.295. The summed E-state index contributed by atoms with van der Waals surface area (Å²) in [5.41, 5.74) is 3.97. The predicted molar refractivity (Wildman–Crippen MR) is 115 cm³/mol. The van der Waals surface area contributed by atoms with Gasteiger partial charge in [-0.2, -0.15) is 5.26 Å². The van der Waals surface area contributed by atoms with Crippen molar-refractivity contribution in [1.29, 1.82) is 5.26 Å². The molecule has 1 amide bonds. The number of carbonyl (C=O) groups excluding carboxylic acids is 1. The third-order valence-corrected chi connectivity index (χ3v) is 6.22. The minimum absolute atomic E-state index is 0.0349. The third kappa shape index (κ3) is 4.41. The highest BCUT2D eigenvalue weighted by atomic mass is 16.1. The Balaban J connectivity index is 1.53. The lowest BCUT2D eigenvalue weighted by molar-refractivity contribution is -0.122. The van der Waals surface area contributed by atoms with Crippen LogP contribution in [0.2, 0.25) is 0 Å².